The summed E-state index contributed by atoms with van der Waals surface area (Å²) in [5.74, 6) is -0.195. The van der Waals surface area contributed by atoms with Crippen LogP contribution in [0.4, 0.5) is 14.9 Å². The summed E-state index contributed by atoms with van der Waals surface area (Å²) in [5, 5.41) is 10.2. The van der Waals surface area contributed by atoms with Crippen molar-refractivity contribution in [2.75, 3.05) is 31.5 Å². The average molecular weight is 293 g/mol. The van der Waals surface area contributed by atoms with Gasteiger partial charge in [0, 0.05) is 31.9 Å². The van der Waals surface area contributed by atoms with E-state index in [1.807, 2.05) is 6.92 Å². The molecule has 1 atom stereocenters. The van der Waals surface area contributed by atoms with Crippen LogP contribution in [-0.2, 0) is 0 Å². The van der Waals surface area contributed by atoms with Crippen molar-refractivity contribution >= 4 is 17.6 Å². The number of nitrogens with two attached hydrogens (primary N) is 1. The molecule has 21 heavy (non-hydrogen) atoms. The minimum Gasteiger partial charge on any atom is -0.386 e. The molecule has 1 unspecified atom stereocenters. The molecule has 0 aromatic heterocycles. The number of carbonyl (C=O) groups excluding carboxylic acids is 1. The van der Waals surface area contributed by atoms with Gasteiger partial charge in [-0.3, -0.25) is 10.3 Å². The maximum absolute atomic E-state index is 12.8. The molecule has 1 saturated heterocycles. The van der Waals surface area contributed by atoms with Crippen LogP contribution in [0.5, 0.6) is 0 Å². The molecule has 0 spiro atoms. The number of urea groups is 1. The molecule has 1 aromatic rings. The normalized spacial score (nSPS) is 17.3. The summed E-state index contributed by atoms with van der Waals surface area (Å²) < 4.78 is 12.8. The van der Waals surface area contributed by atoms with Gasteiger partial charge in [-0.25, -0.2) is 9.18 Å². The van der Waals surface area contributed by atoms with Gasteiger partial charge in [-0.05, 0) is 31.2 Å². The maximum atomic E-state index is 12.8. The standard InChI is InChI=1S/C14H20FN5O/c1-10(13(16)17)19-6-8-20(9-7-19)14(21)18-12-4-2-11(15)3-5-12/h2-5,10H,6-9H2,1H3,(H3,16,17)(H,18,21). The first kappa shape index (κ1) is 15.2. The number of halogens is 1. The summed E-state index contributed by atoms with van der Waals surface area (Å²) in [5.41, 5.74) is 6.06. The lowest BCUT2D eigenvalue weighted by molar-refractivity contribution is 0.138. The van der Waals surface area contributed by atoms with E-state index in [-0.39, 0.29) is 23.7 Å². The van der Waals surface area contributed by atoms with Gasteiger partial charge >= 0.3 is 6.03 Å². The zero-order valence-corrected chi connectivity index (χ0v) is 12.0. The van der Waals surface area contributed by atoms with Gasteiger partial charge in [-0.15, -0.1) is 0 Å². The van der Waals surface area contributed by atoms with E-state index in [1.54, 1.807) is 4.90 Å². The van der Waals surface area contributed by atoms with Gasteiger partial charge in [-0.1, -0.05) is 0 Å². The number of amides is 2. The lowest BCUT2D eigenvalue weighted by Gasteiger charge is -2.37. The Morgan fingerprint density at radius 2 is 1.86 bits per heavy atom. The van der Waals surface area contributed by atoms with E-state index < -0.39 is 0 Å². The predicted molar refractivity (Wildman–Crippen MR) is 79.9 cm³/mol. The smallest absolute Gasteiger partial charge is 0.321 e. The second kappa shape index (κ2) is 6.53. The fourth-order valence-corrected chi connectivity index (χ4v) is 2.24. The number of piperazine rings is 1. The van der Waals surface area contributed by atoms with Crippen LogP contribution in [0.1, 0.15) is 6.92 Å². The number of benzene rings is 1. The topological polar surface area (TPSA) is 85.5 Å². The van der Waals surface area contributed by atoms with Crippen LogP contribution in [-0.4, -0.2) is 53.9 Å². The maximum Gasteiger partial charge on any atom is 0.321 e. The summed E-state index contributed by atoms with van der Waals surface area (Å²) in [6.07, 6.45) is 0. The first-order valence-electron chi connectivity index (χ1n) is 6.87. The Hall–Kier alpha value is -2.15. The quantitative estimate of drug-likeness (QED) is 0.580. The second-order valence-corrected chi connectivity index (χ2v) is 5.09. The molecular weight excluding hydrogens is 273 g/mol. The molecule has 7 heteroatoms. The second-order valence-electron chi connectivity index (χ2n) is 5.09. The van der Waals surface area contributed by atoms with Crippen molar-refractivity contribution in [3.63, 3.8) is 0 Å². The highest BCUT2D eigenvalue weighted by molar-refractivity contribution is 5.89. The molecule has 0 radical (unpaired) electrons. The third-order valence-corrected chi connectivity index (χ3v) is 3.69. The van der Waals surface area contributed by atoms with Crippen LogP contribution >= 0.6 is 0 Å². The molecule has 0 bridgehead atoms. The average Bonchev–Trinajstić information content (AvgIpc) is 2.49. The first-order chi connectivity index (χ1) is 9.97. The van der Waals surface area contributed by atoms with Gasteiger partial charge in [0.05, 0.1) is 6.04 Å². The molecule has 1 aromatic carbocycles. The highest BCUT2D eigenvalue weighted by Crippen LogP contribution is 2.11. The van der Waals surface area contributed by atoms with Crippen LogP contribution in [0.3, 0.4) is 0 Å². The molecular formula is C14H20FN5O. The number of hydrogen-bond acceptors (Lipinski definition) is 3. The monoisotopic (exact) mass is 293 g/mol. The van der Waals surface area contributed by atoms with E-state index in [9.17, 15) is 9.18 Å². The third kappa shape index (κ3) is 3.91. The number of nitrogens with zero attached hydrogens (tertiary/aromatic N) is 2. The van der Waals surface area contributed by atoms with E-state index in [2.05, 4.69) is 10.2 Å². The minimum absolute atomic E-state index is 0.104. The summed E-state index contributed by atoms with van der Waals surface area (Å²) in [4.78, 5) is 15.9. The zero-order chi connectivity index (χ0) is 15.4. The van der Waals surface area contributed by atoms with Gasteiger partial charge < -0.3 is 16.0 Å². The fraction of sp³-hybridized carbons (Fsp3) is 0.429. The molecule has 1 fully saturated rings. The molecule has 0 aliphatic carbocycles. The number of nitrogens with one attached hydrogen (secondary N) is 2. The Balaban J connectivity index is 1.85. The van der Waals surface area contributed by atoms with Crippen LogP contribution in [0.15, 0.2) is 24.3 Å². The Labute approximate surface area is 123 Å². The van der Waals surface area contributed by atoms with Crippen molar-refractivity contribution in [3.8, 4) is 0 Å². The molecule has 1 aliphatic rings. The van der Waals surface area contributed by atoms with E-state index in [1.165, 1.54) is 24.3 Å². The molecule has 114 valence electrons. The number of amidine groups is 1. The van der Waals surface area contributed by atoms with Crippen molar-refractivity contribution in [2.24, 2.45) is 5.73 Å². The SMILES string of the molecule is CC(C(=N)N)N1CCN(C(=O)Nc2ccc(F)cc2)CC1. The van der Waals surface area contributed by atoms with Crippen molar-refractivity contribution in [2.45, 2.75) is 13.0 Å². The molecule has 1 heterocycles. The van der Waals surface area contributed by atoms with Crippen molar-refractivity contribution in [3.05, 3.63) is 30.1 Å². The Morgan fingerprint density at radius 1 is 1.29 bits per heavy atom. The van der Waals surface area contributed by atoms with Crippen molar-refractivity contribution in [1.82, 2.24) is 9.80 Å². The summed E-state index contributed by atoms with van der Waals surface area (Å²) in [6.45, 7) is 4.39. The van der Waals surface area contributed by atoms with Gasteiger partial charge in [0.25, 0.3) is 0 Å². The Morgan fingerprint density at radius 3 is 2.38 bits per heavy atom. The van der Waals surface area contributed by atoms with Gasteiger partial charge in [0.1, 0.15) is 11.7 Å². The van der Waals surface area contributed by atoms with Gasteiger partial charge in [-0.2, -0.15) is 0 Å². The zero-order valence-electron chi connectivity index (χ0n) is 12.0. The van der Waals surface area contributed by atoms with Crippen LogP contribution in [0, 0.1) is 11.2 Å². The lowest BCUT2D eigenvalue weighted by atomic mass is 10.2. The van der Waals surface area contributed by atoms with E-state index in [0.717, 1.165) is 0 Å². The van der Waals surface area contributed by atoms with E-state index >= 15 is 0 Å². The summed E-state index contributed by atoms with van der Waals surface area (Å²) >= 11 is 0. The largest absolute Gasteiger partial charge is 0.386 e. The minimum atomic E-state index is -0.333. The van der Waals surface area contributed by atoms with Gasteiger partial charge in [0.2, 0.25) is 0 Å². The number of anilines is 1. The van der Waals surface area contributed by atoms with E-state index in [0.29, 0.717) is 31.9 Å². The number of carbonyl (C=O) groups is 1. The lowest BCUT2D eigenvalue weighted by Crippen LogP contribution is -2.54. The predicted octanol–water partition coefficient (Wildman–Crippen LogP) is 1.30. The summed E-state index contributed by atoms with van der Waals surface area (Å²) in [7, 11) is 0. The van der Waals surface area contributed by atoms with Gasteiger partial charge in [0.15, 0.2) is 0 Å². The van der Waals surface area contributed by atoms with Crippen LogP contribution in [0.25, 0.3) is 0 Å². The molecule has 1 aliphatic heterocycles. The Kier molecular flexibility index (Phi) is 4.74. The molecule has 0 saturated carbocycles. The molecule has 2 rings (SSSR count). The highest BCUT2D eigenvalue weighted by atomic mass is 19.1. The fourth-order valence-electron chi connectivity index (χ4n) is 2.24. The summed E-state index contributed by atoms with van der Waals surface area (Å²) in [6, 6.07) is 5.37. The van der Waals surface area contributed by atoms with Crippen LogP contribution in [0.2, 0.25) is 0 Å². The van der Waals surface area contributed by atoms with Crippen molar-refractivity contribution < 1.29 is 9.18 Å². The first-order valence-corrected chi connectivity index (χ1v) is 6.87. The van der Waals surface area contributed by atoms with E-state index in [4.69, 9.17) is 11.1 Å². The van der Waals surface area contributed by atoms with Crippen molar-refractivity contribution in [1.29, 1.82) is 5.41 Å². The van der Waals surface area contributed by atoms with Crippen LogP contribution < -0.4 is 11.1 Å². The molecule has 6 nitrogen and oxygen atoms in total. The Bertz CT molecular complexity index is 511. The number of hydrogen-bond donors (Lipinski definition) is 3. The molecule has 2 amide bonds. The molecule has 4 N–H and O–H groups in total. The number of rotatable bonds is 3. The highest BCUT2D eigenvalue weighted by Gasteiger charge is 2.25. The third-order valence-electron chi connectivity index (χ3n) is 3.69.